The third-order valence-electron chi connectivity index (χ3n) is 10.0. The van der Waals surface area contributed by atoms with Gasteiger partial charge in [-0.2, -0.15) is 0 Å². The highest BCUT2D eigenvalue weighted by atomic mass is 16.3. The van der Waals surface area contributed by atoms with Gasteiger partial charge >= 0.3 is 0 Å². The summed E-state index contributed by atoms with van der Waals surface area (Å²) in [7, 11) is 0. The second-order valence-electron chi connectivity index (χ2n) is 12.8. The molecular weight excluding hydrogens is 593 g/mol. The summed E-state index contributed by atoms with van der Waals surface area (Å²) in [6.07, 6.45) is 0. The highest BCUT2D eigenvalue weighted by Crippen LogP contribution is 2.47. The predicted octanol–water partition coefficient (Wildman–Crippen LogP) is 13.7. The Kier molecular flexibility index (Phi) is 6.25. The minimum Gasteiger partial charge on any atom is -0.456 e. The molecule has 1 aromatic heterocycles. The molecule has 1 heteroatoms. The third-order valence-corrected chi connectivity index (χ3v) is 10.0. The summed E-state index contributed by atoms with van der Waals surface area (Å²) in [5.41, 5.74) is 11.6. The molecule has 0 aliphatic rings. The quantitative estimate of drug-likeness (QED) is 0.178. The molecule has 0 bridgehead atoms. The summed E-state index contributed by atoms with van der Waals surface area (Å²) in [5.74, 6) is 0. The lowest BCUT2D eigenvalue weighted by Gasteiger charge is -2.20. The summed E-state index contributed by atoms with van der Waals surface area (Å²) in [5, 5.41) is 9.79. The van der Waals surface area contributed by atoms with Crippen LogP contribution in [0.15, 0.2) is 186 Å². The zero-order valence-electron chi connectivity index (χ0n) is 26.7. The zero-order valence-corrected chi connectivity index (χ0v) is 26.7. The average molecular weight is 623 g/mol. The van der Waals surface area contributed by atoms with Crippen molar-refractivity contribution in [2.24, 2.45) is 0 Å². The molecule has 1 heterocycles. The van der Waals surface area contributed by atoms with Crippen molar-refractivity contribution in [3.63, 3.8) is 0 Å². The van der Waals surface area contributed by atoms with E-state index in [4.69, 9.17) is 4.42 Å². The lowest BCUT2D eigenvalue weighted by Crippen LogP contribution is -1.92. The number of furan rings is 1. The first-order chi connectivity index (χ1) is 24.3. The van der Waals surface area contributed by atoms with Crippen molar-refractivity contribution in [1.29, 1.82) is 0 Å². The van der Waals surface area contributed by atoms with Gasteiger partial charge in [0.05, 0.1) is 0 Å². The van der Waals surface area contributed by atoms with Crippen molar-refractivity contribution >= 4 is 54.3 Å². The standard InChI is InChI=1S/C48H30O/c1-2-13-31(14-3-1)36-28-34-15-4-5-18-37(34)44(30-36)48-41-22-8-6-20-39(41)47(40-21-7-9-23-42(40)48)35-17-12-16-32(27-35)33-25-26-46-43(29-33)38-19-10-11-24-45(38)49-46/h1-30H. The fraction of sp³-hybridized carbons (Fsp3) is 0. The van der Waals surface area contributed by atoms with Crippen LogP contribution in [0.2, 0.25) is 0 Å². The maximum atomic E-state index is 6.14. The summed E-state index contributed by atoms with van der Waals surface area (Å²) >= 11 is 0. The molecule has 0 aliphatic heterocycles. The van der Waals surface area contributed by atoms with Crippen LogP contribution in [0.4, 0.5) is 0 Å². The van der Waals surface area contributed by atoms with E-state index in [0.29, 0.717) is 0 Å². The molecule has 1 nitrogen and oxygen atoms in total. The second kappa shape index (κ2) is 11.1. The monoisotopic (exact) mass is 622 g/mol. The lowest BCUT2D eigenvalue weighted by atomic mass is 9.83. The molecule has 0 N–H and O–H groups in total. The average Bonchev–Trinajstić information content (AvgIpc) is 3.55. The van der Waals surface area contributed by atoms with Gasteiger partial charge in [-0.3, -0.25) is 0 Å². The van der Waals surface area contributed by atoms with Gasteiger partial charge in [0.25, 0.3) is 0 Å². The van der Waals surface area contributed by atoms with Crippen molar-refractivity contribution in [2.75, 3.05) is 0 Å². The first-order valence-corrected chi connectivity index (χ1v) is 16.8. The van der Waals surface area contributed by atoms with Gasteiger partial charge in [-0.15, -0.1) is 0 Å². The number of benzene rings is 9. The molecule has 0 fully saturated rings. The number of para-hydroxylation sites is 1. The van der Waals surface area contributed by atoms with Crippen molar-refractivity contribution in [3.05, 3.63) is 182 Å². The Morgan fingerprint density at radius 2 is 0.816 bits per heavy atom. The maximum absolute atomic E-state index is 6.14. The Morgan fingerprint density at radius 3 is 1.57 bits per heavy atom. The minimum absolute atomic E-state index is 0.914. The van der Waals surface area contributed by atoms with Crippen LogP contribution in [-0.4, -0.2) is 0 Å². The van der Waals surface area contributed by atoms with E-state index in [0.717, 1.165) is 21.9 Å². The molecule has 0 unspecified atom stereocenters. The number of rotatable bonds is 4. The highest BCUT2D eigenvalue weighted by molar-refractivity contribution is 6.24. The molecule has 10 aromatic rings. The molecule has 10 rings (SSSR count). The van der Waals surface area contributed by atoms with Gasteiger partial charge in [-0.05, 0) is 113 Å². The fourth-order valence-corrected chi connectivity index (χ4v) is 7.80. The van der Waals surface area contributed by atoms with E-state index in [2.05, 4.69) is 170 Å². The van der Waals surface area contributed by atoms with E-state index in [1.54, 1.807) is 0 Å². The van der Waals surface area contributed by atoms with Gasteiger partial charge in [-0.25, -0.2) is 0 Å². The molecule has 0 saturated heterocycles. The van der Waals surface area contributed by atoms with Crippen molar-refractivity contribution in [2.45, 2.75) is 0 Å². The van der Waals surface area contributed by atoms with Crippen LogP contribution in [-0.2, 0) is 0 Å². The lowest BCUT2D eigenvalue weighted by molar-refractivity contribution is 0.669. The van der Waals surface area contributed by atoms with Crippen LogP contribution in [0.25, 0.3) is 98.8 Å². The molecule has 9 aromatic carbocycles. The normalized spacial score (nSPS) is 11.7. The third kappa shape index (κ3) is 4.47. The highest BCUT2D eigenvalue weighted by Gasteiger charge is 2.19. The zero-order chi connectivity index (χ0) is 32.3. The molecule has 0 amide bonds. The Bertz CT molecular complexity index is 2820. The van der Waals surface area contributed by atoms with E-state index in [1.165, 1.54) is 76.8 Å². The van der Waals surface area contributed by atoms with Crippen LogP contribution in [0.1, 0.15) is 0 Å². The van der Waals surface area contributed by atoms with Gasteiger partial charge in [0, 0.05) is 10.8 Å². The van der Waals surface area contributed by atoms with Crippen LogP contribution in [0, 0.1) is 0 Å². The van der Waals surface area contributed by atoms with E-state index >= 15 is 0 Å². The molecule has 0 aliphatic carbocycles. The summed E-state index contributed by atoms with van der Waals surface area (Å²) in [6.45, 7) is 0. The molecule has 0 spiro atoms. The Labute approximate surface area is 284 Å². The SMILES string of the molecule is c1ccc(-c2cc(-c3c4ccccc4c(-c4cccc(-c5ccc6oc7ccccc7c6c5)c4)c4ccccc34)c3ccccc3c2)cc1. The number of fused-ring (bicyclic) bond motifs is 6. The molecular formula is C48H30O. The van der Waals surface area contributed by atoms with Crippen LogP contribution in [0.5, 0.6) is 0 Å². The summed E-state index contributed by atoms with van der Waals surface area (Å²) in [4.78, 5) is 0. The topological polar surface area (TPSA) is 13.1 Å². The molecule has 0 saturated carbocycles. The number of hydrogen-bond donors (Lipinski definition) is 0. The van der Waals surface area contributed by atoms with Gasteiger partial charge in [0.15, 0.2) is 0 Å². The van der Waals surface area contributed by atoms with Gasteiger partial charge < -0.3 is 4.42 Å². The Morgan fingerprint density at radius 1 is 0.265 bits per heavy atom. The summed E-state index contributed by atoms with van der Waals surface area (Å²) < 4.78 is 6.14. The summed E-state index contributed by atoms with van der Waals surface area (Å²) in [6, 6.07) is 65.9. The Hall–Kier alpha value is -6.44. The van der Waals surface area contributed by atoms with Crippen molar-refractivity contribution in [3.8, 4) is 44.5 Å². The molecule has 228 valence electrons. The minimum atomic E-state index is 0.914. The van der Waals surface area contributed by atoms with Gasteiger partial charge in [-0.1, -0.05) is 146 Å². The predicted molar refractivity (Wildman–Crippen MR) is 208 cm³/mol. The smallest absolute Gasteiger partial charge is 0.135 e. The van der Waals surface area contributed by atoms with Gasteiger partial charge in [0.1, 0.15) is 11.2 Å². The Balaban J connectivity index is 1.23. The fourth-order valence-electron chi connectivity index (χ4n) is 7.80. The maximum Gasteiger partial charge on any atom is 0.135 e. The van der Waals surface area contributed by atoms with Crippen molar-refractivity contribution < 1.29 is 4.42 Å². The first kappa shape index (κ1) is 27.7. The van der Waals surface area contributed by atoms with E-state index in [-0.39, 0.29) is 0 Å². The van der Waals surface area contributed by atoms with Crippen molar-refractivity contribution in [1.82, 2.24) is 0 Å². The first-order valence-electron chi connectivity index (χ1n) is 16.8. The van der Waals surface area contributed by atoms with E-state index < -0.39 is 0 Å². The molecule has 0 atom stereocenters. The van der Waals surface area contributed by atoms with Crippen LogP contribution in [0.3, 0.4) is 0 Å². The number of hydrogen-bond acceptors (Lipinski definition) is 1. The van der Waals surface area contributed by atoms with E-state index in [1.807, 2.05) is 12.1 Å². The van der Waals surface area contributed by atoms with E-state index in [9.17, 15) is 0 Å². The molecule has 0 radical (unpaired) electrons. The van der Waals surface area contributed by atoms with Crippen LogP contribution >= 0.6 is 0 Å². The van der Waals surface area contributed by atoms with Gasteiger partial charge in [0.2, 0.25) is 0 Å². The largest absolute Gasteiger partial charge is 0.456 e. The second-order valence-corrected chi connectivity index (χ2v) is 12.8. The van der Waals surface area contributed by atoms with Crippen LogP contribution < -0.4 is 0 Å². The molecule has 49 heavy (non-hydrogen) atoms.